The Labute approximate surface area is 131 Å². The smallest absolute Gasteiger partial charge is 0.315 e. The van der Waals surface area contributed by atoms with E-state index in [0.717, 1.165) is 5.69 Å². The number of nitrogens with zero attached hydrogens (tertiary/aromatic N) is 2. The molecule has 1 aromatic heterocycles. The monoisotopic (exact) mass is 308 g/mol. The Morgan fingerprint density at radius 2 is 2.18 bits per heavy atom. The van der Waals surface area contributed by atoms with Gasteiger partial charge in [0.25, 0.3) is 0 Å². The molecule has 0 saturated heterocycles. The average Bonchev–Trinajstić information content (AvgIpc) is 2.51. The zero-order valence-corrected chi connectivity index (χ0v) is 13.3. The lowest BCUT2D eigenvalue weighted by Crippen LogP contribution is -2.46. The van der Waals surface area contributed by atoms with Gasteiger partial charge < -0.3 is 20.3 Å². The Morgan fingerprint density at radius 1 is 1.41 bits per heavy atom. The number of amides is 3. The molecule has 2 N–H and O–H groups in total. The van der Waals surface area contributed by atoms with Crippen LogP contribution in [0.15, 0.2) is 24.4 Å². The summed E-state index contributed by atoms with van der Waals surface area (Å²) in [5, 5.41) is 5.22. The number of carbonyl (C=O) groups excluding carboxylic acids is 2. The highest BCUT2D eigenvalue weighted by Crippen LogP contribution is 1.96. The van der Waals surface area contributed by atoms with E-state index in [1.165, 1.54) is 0 Å². The van der Waals surface area contributed by atoms with Crippen molar-refractivity contribution in [3.05, 3.63) is 30.1 Å². The number of aromatic nitrogens is 1. The van der Waals surface area contributed by atoms with Crippen molar-refractivity contribution in [3.8, 4) is 0 Å². The highest BCUT2D eigenvalue weighted by atomic mass is 16.5. The van der Waals surface area contributed by atoms with E-state index >= 15 is 0 Å². The standard InChI is InChI=1S/C15H24N4O3/c1-12(11-22-3)18-15(21)17-10-14(20)19(2)9-7-13-6-4-5-8-16-13/h4-6,8,12H,7,9-11H2,1-3H3,(H2,17,18,21). The largest absolute Gasteiger partial charge is 0.383 e. The van der Waals surface area contributed by atoms with E-state index in [-0.39, 0.29) is 24.5 Å². The van der Waals surface area contributed by atoms with Gasteiger partial charge in [-0.1, -0.05) is 6.07 Å². The maximum absolute atomic E-state index is 11.9. The molecule has 1 heterocycles. The Hall–Kier alpha value is -2.15. The van der Waals surface area contributed by atoms with Crippen LogP contribution < -0.4 is 10.6 Å². The number of carbonyl (C=O) groups is 2. The van der Waals surface area contributed by atoms with Crippen LogP contribution in [0.1, 0.15) is 12.6 Å². The fourth-order valence-corrected chi connectivity index (χ4v) is 1.81. The molecule has 0 aliphatic carbocycles. The number of ether oxygens (including phenoxy) is 1. The van der Waals surface area contributed by atoms with Crippen molar-refractivity contribution in [2.75, 3.05) is 33.9 Å². The number of urea groups is 1. The van der Waals surface area contributed by atoms with E-state index in [2.05, 4.69) is 15.6 Å². The predicted octanol–water partition coefficient (Wildman–Crippen LogP) is 0.417. The molecular weight excluding hydrogens is 284 g/mol. The first-order valence-corrected chi connectivity index (χ1v) is 7.20. The van der Waals surface area contributed by atoms with E-state index in [1.807, 2.05) is 25.1 Å². The van der Waals surface area contributed by atoms with E-state index in [4.69, 9.17) is 4.74 Å². The lowest BCUT2D eigenvalue weighted by Gasteiger charge is -2.18. The number of nitrogens with one attached hydrogen (secondary N) is 2. The van der Waals surface area contributed by atoms with Gasteiger partial charge in [-0.3, -0.25) is 9.78 Å². The molecule has 0 aromatic carbocycles. The predicted molar refractivity (Wildman–Crippen MR) is 83.5 cm³/mol. The van der Waals surface area contributed by atoms with Crippen LogP contribution >= 0.6 is 0 Å². The molecule has 7 heteroatoms. The van der Waals surface area contributed by atoms with Crippen molar-refractivity contribution in [1.82, 2.24) is 20.5 Å². The third-order valence-corrected chi connectivity index (χ3v) is 3.05. The van der Waals surface area contributed by atoms with Crippen molar-refractivity contribution in [2.45, 2.75) is 19.4 Å². The first-order valence-electron chi connectivity index (χ1n) is 7.20. The van der Waals surface area contributed by atoms with Gasteiger partial charge in [0, 0.05) is 39.0 Å². The highest BCUT2D eigenvalue weighted by Gasteiger charge is 2.12. The number of likely N-dealkylation sites (N-methyl/N-ethyl adjacent to an activating group) is 1. The van der Waals surface area contributed by atoms with Crippen LogP contribution in [0.2, 0.25) is 0 Å². The molecule has 0 saturated carbocycles. The molecule has 1 unspecified atom stereocenters. The van der Waals surface area contributed by atoms with E-state index < -0.39 is 0 Å². The molecule has 7 nitrogen and oxygen atoms in total. The minimum Gasteiger partial charge on any atom is -0.383 e. The van der Waals surface area contributed by atoms with E-state index in [0.29, 0.717) is 19.6 Å². The van der Waals surface area contributed by atoms with Crippen molar-refractivity contribution in [3.63, 3.8) is 0 Å². The number of pyridine rings is 1. The van der Waals surface area contributed by atoms with Crippen LogP contribution in [0, 0.1) is 0 Å². The minimum atomic E-state index is -0.379. The average molecular weight is 308 g/mol. The van der Waals surface area contributed by atoms with Crippen molar-refractivity contribution < 1.29 is 14.3 Å². The molecule has 0 aliphatic rings. The number of methoxy groups -OCH3 is 1. The second kappa shape index (κ2) is 9.73. The minimum absolute atomic E-state index is 0.0374. The summed E-state index contributed by atoms with van der Waals surface area (Å²) in [6, 6.07) is 5.20. The lowest BCUT2D eigenvalue weighted by atomic mass is 10.2. The molecule has 122 valence electrons. The fourth-order valence-electron chi connectivity index (χ4n) is 1.81. The maximum atomic E-state index is 11.9. The molecule has 22 heavy (non-hydrogen) atoms. The van der Waals surface area contributed by atoms with Gasteiger partial charge in [0.05, 0.1) is 19.2 Å². The topological polar surface area (TPSA) is 83.6 Å². The molecule has 0 aliphatic heterocycles. The first-order chi connectivity index (χ1) is 10.5. The van der Waals surface area contributed by atoms with Crippen LogP contribution in [-0.4, -0.2) is 61.7 Å². The Kier molecular flexibility index (Phi) is 7.91. The summed E-state index contributed by atoms with van der Waals surface area (Å²) in [7, 11) is 3.27. The summed E-state index contributed by atoms with van der Waals surface area (Å²) >= 11 is 0. The van der Waals surface area contributed by atoms with Crippen LogP contribution in [-0.2, 0) is 16.0 Å². The van der Waals surface area contributed by atoms with E-state index in [1.54, 1.807) is 25.3 Å². The molecule has 0 fully saturated rings. The van der Waals surface area contributed by atoms with Crippen LogP contribution in [0.5, 0.6) is 0 Å². The quantitative estimate of drug-likeness (QED) is 0.729. The summed E-state index contributed by atoms with van der Waals surface area (Å²) in [5.74, 6) is -0.148. The zero-order chi connectivity index (χ0) is 16.4. The van der Waals surface area contributed by atoms with Crippen LogP contribution in [0.25, 0.3) is 0 Å². The van der Waals surface area contributed by atoms with E-state index in [9.17, 15) is 9.59 Å². The molecule has 1 rings (SSSR count). The van der Waals surface area contributed by atoms with Gasteiger partial charge in [0.15, 0.2) is 0 Å². The van der Waals surface area contributed by atoms with Crippen LogP contribution in [0.3, 0.4) is 0 Å². The summed E-state index contributed by atoms with van der Waals surface area (Å²) in [6.07, 6.45) is 2.41. The van der Waals surface area contributed by atoms with Gasteiger partial charge >= 0.3 is 6.03 Å². The molecule has 0 spiro atoms. The summed E-state index contributed by atoms with van der Waals surface area (Å²) in [4.78, 5) is 29.3. The highest BCUT2D eigenvalue weighted by molar-refractivity contribution is 5.83. The van der Waals surface area contributed by atoms with Crippen molar-refractivity contribution >= 4 is 11.9 Å². The SMILES string of the molecule is COCC(C)NC(=O)NCC(=O)N(C)CCc1ccccn1. The first kappa shape index (κ1) is 17.9. The summed E-state index contributed by atoms with van der Waals surface area (Å²) < 4.78 is 4.92. The van der Waals surface area contributed by atoms with Crippen LogP contribution in [0.4, 0.5) is 4.79 Å². The third kappa shape index (κ3) is 7.03. The normalized spacial score (nSPS) is 11.6. The van der Waals surface area contributed by atoms with Gasteiger partial charge in [-0.25, -0.2) is 4.79 Å². The van der Waals surface area contributed by atoms with Gasteiger partial charge in [-0.05, 0) is 19.1 Å². The fraction of sp³-hybridized carbons (Fsp3) is 0.533. The number of hydrogen-bond donors (Lipinski definition) is 2. The zero-order valence-electron chi connectivity index (χ0n) is 13.3. The summed E-state index contributed by atoms with van der Waals surface area (Å²) in [6.45, 7) is 2.76. The van der Waals surface area contributed by atoms with Crippen molar-refractivity contribution in [1.29, 1.82) is 0 Å². The Balaban J connectivity index is 2.25. The number of hydrogen-bond acceptors (Lipinski definition) is 4. The van der Waals surface area contributed by atoms with Crippen molar-refractivity contribution in [2.24, 2.45) is 0 Å². The Bertz CT molecular complexity index is 467. The second-order valence-electron chi connectivity index (χ2n) is 5.07. The Morgan fingerprint density at radius 3 is 2.82 bits per heavy atom. The lowest BCUT2D eigenvalue weighted by molar-refractivity contribution is -0.128. The second-order valence-corrected chi connectivity index (χ2v) is 5.07. The molecule has 0 radical (unpaired) electrons. The van der Waals surface area contributed by atoms with Gasteiger partial charge in [-0.15, -0.1) is 0 Å². The molecule has 3 amide bonds. The maximum Gasteiger partial charge on any atom is 0.315 e. The molecular formula is C15H24N4O3. The van der Waals surface area contributed by atoms with Gasteiger partial charge in [0.2, 0.25) is 5.91 Å². The van der Waals surface area contributed by atoms with Gasteiger partial charge in [-0.2, -0.15) is 0 Å². The third-order valence-electron chi connectivity index (χ3n) is 3.05. The number of rotatable bonds is 8. The summed E-state index contributed by atoms with van der Waals surface area (Å²) in [5.41, 5.74) is 0.932. The molecule has 1 aromatic rings. The molecule has 0 bridgehead atoms. The van der Waals surface area contributed by atoms with Gasteiger partial charge in [0.1, 0.15) is 0 Å². The molecule has 1 atom stereocenters.